The van der Waals surface area contributed by atoms with E-state index in [4.69, 9.17) is 4.74 Å². The summed E-state index contributed by atoms with van der Waals surface area (Å²) in [6.45, 7) is 11.6. The van der Waals surface area contributed by atoms with Gasteiger partial charge < -0.3 is 29.6 Å². The Morgan fingerprint density at radius 2 is 1.82 bits per heavy atom. The smallest absolute Gasteiger partial charge is 0.410 e. The van der Waals surface area contributed by atoms with Gasteiger partial charge in [0.25, 0.3) is 5.91 Å². The van der Waals surface area contributed by atoms with E-state index >= 15 is 0 Å². The minimum atomic E-state index is -0.539. The fourth-order valence-corrected chi connectivity index (χ4v) is 5.74. The van der Waals surface area contributed by atoms with Gasteiger partial charge in [-0.05, 0) is 59.6 Å². The number of hydrogen-bond acceptors (Lipinski definition) is 8. The van der Waals surface area contributed by atoms with Crippen molar-refractivity contribution in [3.63, 3.8) is 0 Å². The lowest BCUT2D eigenvalue weighted by Gasteiger charge is -2.39. The van der Waals surface area contributed by atoms with Gasteiger partial charge in [0.2, 0.25) is 5.91 Å². The molecule has 234 valence electrons. The van der Waals surface area contributed by atoms with Crippen LogP contribution in [0, 0.1) is 6.92 Å². The Hall–Kier alpha value is -4.68. The van der Waals surface area contributed by atoms with Crippen molar-refractivity contribution < 1.29 is 19.1 Å². The molecule has 0 bridgehead atoms. The molecule has 0 spiro atoms. The van der Waals surface area contributed by atoms with Crippen LogP contribution in [0.15, 0.2) is 30.7 Å². The molecule has 1 saturated heterocycles. The van der Waals surface area contributed by atoms with Crippen molar-refractivity contribution in [3.05, 3.63) is 47.7 Å². The third kappa shape index (κ3) is 6.46. The lowest BCUT2D eigenvalue weighted by atomic mass is 10.0. The third-order valence-electron chi connectivity index (χ3n) is 7.70. The molecule has 0 aliphatic carbocycles. The quantitative estimate of drug-likeness (QED) is 0.326. The van der Waals surface area contributed by atoms with E-state index in [1.54, 1.807) is 34.6 Å². The number of fused-ring (bicyclic) bond motifs is 2. The number of ether oxygens (including phenoxy) is 1. The largest absolute Gasteiger partial charge is 0.444 e. The summed E-state index contributed by atoms with van der Waals surface area (Å²) in [5.41, 5.74) is 3.24. The molecule has 44 heavy (non-hydrogen) atoms. The van der Waals surface area contributed by atoms with Gasteiger partial charge in [-0.3, -0.25) is 19.3 Å². The van der Waals surface area contributed by atoms with Crippen LogP contribution in [0.5, 0.6) is 0 Å². The zero-order valence-corrected chi connectivity index (χ0v) is 26.5. The molecule has 5 rings (SSSR count). The summed E-state index contributed by atoms with van der Waals surface area (Å²) in [4.78, 5) is 51.5. The molecule has 0 saturated carbocycles. The molecule has 1 aliphatic heterocycles. The standard InChI is InChI=1S/C31H41N9O4/c1-8-40(30(43)44-31(3,4)5)20-11-13-38(14-12-20)24-10-9-21(27-22(24)17-37(7)36-27)29(42)35-25-18-39-16-19(2)33-23(28(39)34-25)15-26(41)32-6/h9-10,16-18,20H,8,11-15H2,1-7H3,(H,32,41)(H,35,42). The first-order valence-electron chi connectivity index (χ1n) is 14.9. The van der Waals surface area contributed by atoms with E-state index in [-0.39, 0.29) is 30.4 Å². The minimum absolute atomic E-state index is 0.0802. The average Bonchev–Trinajstić information content (AvgIpc) is 3.54. The SMILES string of the molecule is CCN(C(=O)OC(C)(C)C)C1CCN(c2ccc(C(=O)Nc3cn4cc(C)nc(CC(=O)NC)c4n3)c3nn(C)cc23)CC1. The summed E-state index contributed by atoms with van der Waals surface area (Å²) in [6, 6.07) is 3.86. The number of anilines is 2. The highest BCUT2D eigenvalue weighted by atomic mass is 16.6. The van der Waals surface area contributed by atoms with Gasteiger partial charge in [0.1, 0.15) is 11.1 Å². The second-order valence-electron chi connectivity index (χ2n) is 12.2. The van der Waals surface area contributed by atoms with E-state index in [0.29, 0.717) is 34.8 Å². The Kier molecular flexibility index (Phi) is 8.49. The zero-order chi connectivity index (χ0) is 31.8. The van der Waals surface area contributed by atoms with Crippen LogP contribution < -0.4 is 15.5 Å². The second-order valence-corrected chi connectivity index (χ2v) is 12.2. The summed E-state index contributed by atoms with van der Waals surface area (Å²) in [6.07, 6.45) is 6.85. The molecular weight excluding hydrogens is 562 g/mol. The van der Waals surface area contributed by atoms with Gasteiger partial charge in [-0.25, -0.2) is 9.78 Å². The maximum Gasteiger partial charge on any atom is 0.410 e. The molecule has 1 aromatic carbocycles. The van der Waals surface area contributed by atoms with E-state index in [0.717, 1.165) is 42.7 Å². The number of aromatic nitrogens is 5. The summed E-state index contributed by atoms with van der Waals surface area (Å²) < 4.78 is 9.12. The van der Waals surface area contributed by atoms with Crippen LogP contribution in [0.1, 0.15) is 62.3 Å². The fourth-order valence-electron chi connectivity index (χ4n) is 5.74. The Morgan fingerprint density at radius 3 is 2.48 bits per heavy atom. The monoisotopic (exact) mass is 603 g/mol. The highest BCUT2D eigenvalue weighted by Gasteiger charge is 2.31. The molecule has 2 N–H and O–H groups in total. The van der Waals surface area contributed by atoms with Crippen LogP contribution in [-0.4, -0.2) is 85.3 Å². The van der Waals surface area contributed by atoms with Gasteiger partial charge in [-0.2, -0.15) is 5.10 Å². The van der Waals surface area contributed by atoms with Crippen molar-refractivity contribution in [2.24, 2.45) is 7.05 Å². The van der Waals surface area contributed by atoms with Crippen LogP contribution in [0.3, 0.4) is 0 Å². The molecule has 1 fully saturated rings. The van der Waals surface area contributed by atoms with Crippen molar-refractivity contribution in [2.45, 2.75) is 65.5 Å². The summed E-state index contributed by atoms with van der Waals surface area (Å²) in [7, 11) is 3.41. The van der Waals surface area contributed by atoms with Gasteiger partial charge in [0.15, 0.2) is 11.5 Å². The summed E-state index contributed by atoms with van der Waals surface area (Å²) in [5, 5.41) is 11.0. The second kappa shape index (κ2) is 12.1. The lowest BCUT2D eigenvalue weighted by molar-refractivity contribution is -0.120. The Morgan fingerprint density at radius 1 is 1.09 bits per heavy atom. The topological polar surface area (TPSA) is 139 Å². The van der Waals surface area contributed by atoms with Crippen molar-refractivity contribution in [1.82, 2.24) is 34.4 Å². The highest BCUT2D eigenvalue weighted by molar-refractivity contribution is 6.13. The van der Waals surface area contributed by atoms with Crippen molar-refractivity contribution in [2.75, 3.05) is 36.9 Å². The van der Waals surface area contributed by atoms with E-state index in [2.05, 4.69) is 30.6 Å². The Labute approximate surface area is 256 Å². The summed E-state index contributed by atoms with van der Waals surface area (Å²) in [5.74, 6) is -0.164. The van der Waals surface area contributed by atoms with E-state index in [1.807, 2.05) is 58.8 Å². The predicted octanol–water partition coefficient (Wildman–Crippen LogP) is 3.69. The number of amides is 3. The number of piperidine rings is 1. The number of likely N-dealkylation sites (N-methyl/N-ethyl adjacent to an activating group) is 1. The normalized spacial score (nSPS) is 14.2. The van der Waals surface area contributed by atoms with Gasteiger partial charge in [-0.1, -0.05) is 0 Å². The molecule has 3 amide bonds. The Balaban J connectivity index is 1.34. The fraction of sp³-hybridized carbons (Fsp3) is 0.484. The van der Waals surface area contributed by atoms with Crippen molar-refractivity contribution in [1.29, 1.82) is 0 Å². The first-order chi connectivity index (χ1) is 20.9. The van der Waals surface area contributed by atoms with Crippen molar-refractivity contribution in [3.8, 4) is 0 Å². The molecule has 13 heteroatoms. The average molecular weight is 604 g/mol. The molecule has 4 heterocycles. The summed E-state index contributed by atoms with van der Waals surface area (Å²) >= 11 is 0. The van der Waals surface area contributed by atoms with Gasteiger partial charge in [-0.15, -0.1) is 0 Å². The number of nitrogens with zero attached hydrogens (tertiary/aromatic N) is 7. The number of nitrogens with one attached hydrogen (secondary N) is 2. The highest BCUT2D eigenvalue weighted by Crippen LogP contribution is 2.32. The molecule has 0 atom stereocenters. The maximum atomic E-state index is 13.5. The first kappa shape index (κ1) is 30.8. The Bertz CT molecular complexity index is 1710. The van der Waals surface area contributed by atoms with E-state index in [9.17, 15) is 14.4 Å². The molecule has 0 radical (unpaired) electrons. The number of carbonyl (C=O) groups is 3. The molecule has 0 unspecified atom stereocenters. The first-order valence-corrected chi connectivity index (χ1v) is 14.9. The predicted molar refractivity (Wildman–Crippen MR) is 168 cm³/mol. The van der Waals surface area contributed by atoms with Gasteiger partial charge in [0, 0.05) is 63.2 Å². The maximum absolute atomic E-state index is 13.5. The number of rotatable bonds is 7. The van der Waals surface area contributed by atoms with Gasteiger partial charge in [0.05, 0.1) is 29.6 Å². The molecule has 1 aliphatic rings. The number of carbonyl (C=O) groups excluding carboxylic acids is 3. The zero-order valence-electron chi connectivity index (χ0n) is 26.5. The molecule has 3 aromatic heterocycles. The number of imidazole rings is 1. The van der Waals surface area contributed by atoms with Crippen LogP contribution >= 0.6 is 0 Å². The van der Waals surface area contributed by atoms with Gasteiger partial charge >= 0.3 is 6.09 Å². The molecule has 13 nitrogen and oxygen atoms in total. The third-order valence-corrected chi connectivity index (χ3v) is 7.70. The van der Waals surface area contributed by atoms with Crippen LogP contribution in [0.25, 0.3) is 16.6 Å². The van der Waals surface area contributed by atoms with Crippen molar-refractivity contribution >= 4 is 46.0 Å². The van der Waals surface area contributed by atoms with Crippen LogP contribution in [0.2, 0.25) is 0 Å². The molecule has 4 aromatic rings. The lowest BCUT2D eigenvalue weighted by Crippen LogP contribution is -2.48. The van der Waals surface area contributed by atoms with Crippen LogP contribution in [-0.2, 0) is 23.0 Å². The minimum Gasteiger partial charge on any atom is -0.444 e. The number of hydrogen-bond donors (Lipinski definition) is 2. The number of aryl methyl sites for hydroxylation is 2. The van der Waals surface area contributed by atoms with Crippen LogP contribution in [0.4, 0.5) is 16.3 Å². The van der Waals surface area contributed by atoms with E-state index in [1.165, 1.54) is 0 Å². The van der Waals surface area contributed by atoms with E-state index < -0.39 is 5.60 Å². The molecular formula is C31H41N9O4. The number of benzene rings is 1.